The van der Waals surface area contributed by atoms with E-state index in [0.29, 0.717) is 15.7 Å². The Labute approximate surface area is 141 Å². The molecule has 0 atom stereocenters. The van der Waals surface area contributed by atoms with Gasteiger partial charge in [0, 0.05) is 34.2 Å². The standard InChI is InChI=1S/C14H20Cl2N2O3S/c1-14(2,3)18(22(4,20)21)6-5-13(19)17-12-8-10(15)7-11(16)9-12/h7-9H,5-6H2,1-4H3,(H,17,19). The smallest absolute Gasteiger partial charge is 0.225 e. The van der Waals surface area contributed by atoms with Crippen molar-refractivity contribution >= 4 is 44.8 Å². The number of halogens is 2. The van der Waals surface area contributed by atoms with Gasteiger partial charge in [-0.25, -0.2) is 8.42 Å². The van der Waals surface area contributed by atoms with Gasteiger partial charge in [0.1, 0.15) is 0 Å². The summed E-state index contributed by atoms with van der Waals surface area (Å²) in [4.78, 5) is 12.0. The van der Waals surface area contributed by atoms with Crippen LogP contribution in [0.4, 0.5) is 5.69 Å². The van der Waals surface area contributed by atoms with Crippen LogP contribution < -0.4 is 5.32 Å². The molecule has 0 radical (unpaired) electrons. The molecule has 0 saturated heterocycles. The number of nitrogens with one attached hydrogen (secondary N) is 1. The van der Waals surface area contributed by atoms with E-state index in [9.17, 15) is 13.2 Å². The maximum atomic E-state index is 12.0. The quantitative estimate of drug-likeness (QED) is 0.868. The normalized spacial score (nSPS) is 12.5. The van der Waals surface area contributed by atoms with Gasteiger partial charge in [-0.2, -0.15) is 4.31 Å². The van der Waals surface area contributed by atoms with Crippen molar-refractivity contribution in [2.45, 2.75) is 32.7 Å². The third kappa shape index (κ3) is 6.12. The maximum absolute atomic E-state index is 12.0. The van der Waals surface area contributed by atoms with Gasteiger partial charge in [0.25, 0.3) is 0 Å². The Bertz CT molecular complexity index is 634. The minimum Gasteiger partial charge on any atom is -0.326 e. The van der Waals surface area contributed by atoms with Crippen LogP contribution in [0.25, 0.3) is 0 Å². The van der Waals surface area contributed by atoms with E-state index < -0.39 is 15.6 Å². The molecule has 8 heteroatoms. The summed E-state index contributed by atoms with van der Waals surface area (Å²) in [6.07, 6.45) is 1.17. The van der Waals surface area contributed by atoms with Crippen LogP contribution in [0.5, 0.6) is 0 Å². The highest BCUT2D eigenvalue weighted by atomic mass is 35.5. The molecule has 1 aromatic carbocycles. The van der Waals surface area contributed by atoms with Gasteiger partial charge < -0.3 is 5.32 Å². The van der Waals surface area contributed by atoms with Crippen molar-refractivity contribution in [1.29, 1.82) is 0 Å². The van der Waals surface area contributed by atoms with Crippen molar-refractivity contribution < 1.29 is 13.2 Å². The predicted octanol–water partition coefficient (Wildman–Crippen LogP) is 3.38. The molecule has 0 fully saturated rings. The minimum absolute atomic E-state index is 0.0362. The Kier molecular flexibility index (Phi) is 6.27. The number of nitrogens with zero attached hydrogens (tertiary/aromatic N) is 1. The number of hydrogen-bond donors (Lipinski definition) is 1. The highest BCUT2D eigenvalue weighted by molar-refractivity contribution is 7.88. The highest BCUT2D eigenvalue weighted by Gasteiger charge is 2.29. The number of anilines is 1. The molecule has 0 heterocycles. The van der Waals surface area contributed by atoms with E-state index in [2.05, 4.69) is 5.32 Å². The van der Waals surface area contributed by atoms with Gasteiger partial charge in [-0.3, -0.25) is 4.79 Å². The summed E-state index contributed by atoms with van der Waals surface area (Å²) in [6.45, 7) is 5.44. The van der Waals surface area contributed by atoms with Crippen LogP contribution in [0.3, 0.4) is 0 Å². The molecule has 124 valence electrons. The molecule has 0 aromatic heterocycles. The fourth-order valence-corrected chi connectivity index (χ4v) is 4.00. The topological polar surface area (TPSA) is 66.5 Å². The van der Waals surface area contributed by atoms with Crippen molar-refractivity contribution in [3.63, 3.8) is 0 Å². The first-order chi connectivity index (χ1) is 9.89. The Morgan fingerprint density at radius 1 is 1.18 bits per heavy atom. The van der Waals surface area contributed by atoms with E-state index in [0.717, 1.165) is 6.26 Å². The first-order valence-corrected chi connectivity index (χ1v) is 9.24. The fourth-order valence-electron chi connectivity index (χ4n) is 2.05. The van der Waals surface area contributed by atoms with E-state index in [1.165, 1.54) is 4.31 Å². The monoisotopic (exact) mass is 366 g/mol. The fraction of sp³-hybridized carbons (Fsp3) is 0.500. The highest BCUT2D eigenvalue weighted by Crippen LogP contribution is 2.23. The molecule has 0 spiro atoms. The number of carbonyl (C=O) groups is 1. The number of benzene rings is 1. The van der Waals surface area contributed by atoms with Crippen molar-refractivity contribution in [2.75, 3.05) is 18.1 Å². The van der Waals surface area contributed by atoms with E-state index in [-0.39, 0.29) is 18.9 Å². The average molecular weight is 367 g/mol. The predicted molar refractivity (Wildman–Crippen MR) is 91.0 cm³/mol. The molecule has 0 aliphatic heterocycles. The summed E-state index contributed by atoms with van der Waals surface area (Å²) >= 11 is 11.7. The van der Waals surface area contributed by atoms with Gasteiger partial charge in [-0.1, -0.05) is 23.2 Å². The van der Waals surface area contributed by atoms with Gasteiger partial charge in [0.2, 0.25) is 15.9 Å². The van der Waals surface area contributed by atoms with Gasteiger partial charge in [-0.15, -0.1) is 0 Å². The van der Waals surface area contributed by atoms with Crippen molar-refractivity contribution in [3.8, 4) is 0 Å². The van der Waals surface area contributed by atoms with Gasteiger partial charge >= 0.3 is 0 Å². The molecule has 1 N–H and O–H groups in total. The average Bonchev–Trinajstić information content (AvgIpc) is 2.22. The third-order valence-corrected chi connectivity index (χ3v) is 4.80. The van der Waals surface area contributed by atoms with E-state index in [4.69, 9.17) is 23.2 Å². The van der Waals surface area contributed by atoms with Crippen molar-refractivity contribution in [1.82, 2.24) is 4.31 Å². The van der Waals surface area contributed by atoms with Crippen LogP contribution in [0.15, 0.2) is 18.2 Å². The number of carbonyl (C=O) groups excluding carboxylic acids is 1. The van der Waals surface area contributed by atoms with E-state index in [1.54, 1.807) is 39.0 Å². The first kappa shape index (κ1) is 19.2. The number of rotatable bonds is 5. The molecule has 0 saturated carbocycles. The molecular formula is C14H20Cl2N2O3S. The van der Waals surface area contributed by atoms with Gasteiger partial charge in [0.15, 0.2) is 0 Å². The molecule has 1 amide bonds. The number of sulfonamides is 1. The second-order valence-electron chi connectivity index (χ2n) is 5.96. The summed E-state index contributed by atoms with van der Waals surface area (Å²) in [5.74, 6) is -0.309. The van der Waals surface area contributed by atoms with Gasteiger partial charge in [-0.05, 0) is 39.0 Å². The third-order valence-electron chi connectivity index (χ3n) is 2.84. The van der Waals surface area contributed by atoms with Crippen LogP contribution in [-0.2, 0) is 14.8 Å². The molecule has 5 nitrogen and oxygen atoms in total. The lowest BCUT2D eigenvalue weighted by molar-refractivity contribution is -0.116. The molecule has 1 rings (SSSR count). The molecular weight excluding hydrogens is 347 g/mol. The zero-order chi connectivity index (χ0) is 17.1. The van der Waals surface area contributed by atoms with Crippen molar-refractivity contribution in [2.24, 2.45) is 0 Å². The summed E-state index contributed by atoms with van der Waals surface area (Å²) in [6, 6.07) is 4.70. The van der Waals surface area contributed by atoms with Crippen LogP contribution in [0.2, 0.25) is 10.0 Å². The SMILES string of the molecule is CC(C)(C)N(CCC(=O)Nc1cc(Cl)cc(Cl)c1)S(C)(=O)=O. The Balaban J connectivity index is 2.72. The molecule has 0 bridgehead atoms. The van der Waals surface area contributed by atoms with Crippen LogP contribution in [-0.4, -0.2) is 37.0 Å². The zero-order valence-corrected chi connectivity index (χ0v) is 15.3. The minimum atomic E-state index is -3.39. The van der Waals surface area contributed by atoms with Crippen molar-refractivity contribution in [3.05, 3.63) is 28.2 Å². The second-order valence-corrected chi connectivity index (χ2v) is 8.74. The summed E-state index contributed by atoms with van der Waals surface area (Å²) in [5.41, 5.74) is -0.114. The number of amides is 1. The Morgan fingerprint density at radius 3 is 2.09 bits per heavy atom. The molecule has 0 aliphatic carbocycles. The molecule has 1 aromatic rings. The molecule has 0 aliphatic rings. The Hall–Kier alpha value is -0.820. The van der Waals surface area contributed by atoms with Crippen LogP contribution in [0, 0.1) is 0 Å². The largest absolute Gasteiger partial charge is 0.326 e. The maximum Gasteiger partial charge on any atom is 0.225 e. The van der Waals surface area contributed by atoms with Crippen LogP contribution in [0.1, 0.15) is 27.2 Å². The summed E-state index contributed by atoms with van der Waals surface area (Å²) in [7, 11) is -3.39. The van der Waals surface area contributed by atoms with E-state index in [1.807, 2.05) is 0 Å². The lowest BCUT2D eigenvalue weighted by atomic mass is 10.1. The van der Waals surface area contributed by atoms with Crippen LogP contribution >= 0.6 is 23.2 Å². The number of hydrogen-bond acceptors (Lipinski definition) is 3. The van der Waals surface area contributed by atoms with Gasteiger partial charge in [0.05, 0.1) is 6.26 Å². The van der Waals surface area contributed by atoms with E-state index >= 15 is 0 Å². The zero-order valence-electron chi connectivity index (χ0n) is 13.0. The molecule has 22 heavy (non-hydrogen) atoms. The lowest BCUT2D eigenvalue weighted by Gasteiger charge is -2.33. The summed E-state index contributed by atoms with van der Waals surface area (Å²) < 4.78 is 24.9. The lowest BCUT2D eigenvalue weighted by Crippen LogP contribution is -2.46. The Morgan fingerprint density at radius 2 is 1.68 bits per heavy atom. The molecule has 0 unspecified atom stereocenters. The first-order valence-electron chi connectivity index (χ1n) is 6.63. The second kappa shape index (κ2) is 7.17. The summed E-state index contributed by atoms with van der Waals surface area (Å²) in [5, 5.41) is 3.48.